The molecule has 1 aromatic rings. The topological polar surface area (TPSA) is 12.0 Å². The van der Waals surface area contributed by atoms with Crippen LogP contribution in [0.5, 0.6) is 0 Å². The van der Waals surface area contributed by atoms with E-state index in [4.69, 9.17) is 23.2 Å². The first-order valence-corrected chi connectivity index (χ1v) is 5.86. The molecule has 0 radical (unpaired) electrons. The Hall–Kier alpha value is -0.500. The second kappa shape index (κ2) is 5.02. The number of rotatable bonds is 3. The van der Waals surface area contributed by atoms with E-state index in [1.54, 1.807) is 0 Å². The molecule has 0 saturated heterocycles. The van der Waals surface area contributed by atoms with Crippen LogP contribution in [-0.2, 0) is 12.8 Å². The van der Waals surface area contributed by atoms with Gasteiger partial charge in [0.05, 0.1) is 0 Å². The fourth-order valence-corrected chi connectivity index (χ4v) is 2.14. The smallest absolute Gasteiger partial charge is 0.0432 e. The van der Waals surface area contributed by atoms with Crippen LogP contribution in [0.2, 0.25) is 0 Å². The number of hydrogen-bond acceptors (Lipinski definition) is 1. The number of benzene rings is 1. The number of fused-ring (bicyclic) bond motifs is 1. The summed E-state index contributed by atoms with van der Waals surface area (Å²) in [5, 5.41) is 4.05. The van der Waals surface area contributed by atoms with E-state index in [0.29, 0.717) is 17.6 Å². The molecule has 1 nitrogen and oxygen atoms in total. The van der Waals surface area contributed by atoms with E-state index in [-0.39, 0.29) is 0 Å². The first-order valence-electron chi connectivity index (χ1n) is 5.04. The quantitative estimate of drug-likeness (QED) is 0.858. The molecular weight excluding hydrogens is 229 g/mol. The van der Waals surface area contributed by atoms with E-state index in [9.17, 15) is 0 Å². The molecule has 3 heteroatoms. The molecule has 1 aliphatic carbocycles. The standard InChI is InChI=1S/C12H13Cl2N/c13-7-11(14)8-15-12-5-9-3-1-2-4-10(9)6-12/h1-4,7,12,15H,5-6,8H2/b11-7+. The normalized spacial score (nSPS) is 16.8. The lowest BCUT2D eigenvalue weighted by atomic mass is 10.1. The Morgan fingerprint density at radius 2 is 1.93 bits per heavy atom. The molecule has 0 fully saturated rings. The Balaban J connectivity index is 1.91. The van der Waals surface area contributed by atoms with Crippen LogP contribution in [0.15, 0.2) is 34.8 Å². The highest BCUT2D eigenvalue weighted by Gasteiger charge is 2.19. The minimum absolute atomic E-state index is 0.493. The van der Waals surface area contributed by atoms with Gasteiger partial charge in [-0.25, -0.2) is 0 Å². The van der Waals surface area contributed by atoms with E-state index >= 15 is 0 Å². The van der Waals surface area contributed by atoms with Crippen LogP contribution in [0.25, 0.3) is 0 Å². The molecule has 1 N–H and O–H groups in total. The molecule has 0 unspecified atom stereocenters. The van der Waals surface area contributed by atoms with Gasteiger partial charge in [-0.3, -0.25) is 0 Å². The van der Waals surface area contributed by atoms with Crippen molar-refractivity contribution in [1.29, 1.82) is 0 Å². The van der Waals surface area contributed by atoms with Gasteiger partial charge < -0.3 is 5.32 Å². The lowest BCUT2D eigenvalue weighted by molar-refractivity contribution is 0.564. The minimum Gasteiger partial charge on any atom is -0.308 e. The van der Waals surface area contributed by atoms with Crippen LogP contribution in [0.3, 0.4) is 0 Å². The van der Waals surface area contributed by atoms with E-state index in [1.165, 1.54) is 16.7 Å². The lowest BCUT2D eigenvalue weighted by Gasteiger charge is -2.10. The zero-order chi connectivity index (χ0) is 10.7. The zero-order valence-electron chi connectivity index (χ0n) is 8.34. The fourth-order valence-electron chi connectivity index (χ4n) is 1.98. The van der Waals surface area contributed by atoms with Crippen molar-refractivity contribution in [2.24, 2.45) is 0 Å². The molecule has 0 heterocycles. The largest absolute Gasteiger partial charge is 0.308 e. The zero-order valence-corrected chi connectivity index (χ0v) is 9.85. The molecule has 2 rings (SSSR count). The highest BCUT2D eigenvalue weighted by atomic mass is 35.5. The van der Waals surface area contributed by atoms with Crippen molar-refractivity contribution < 1.29 is 0 Å². The molecule has 0 amide bonds. The monoisotopic (exact) mass is 241 g/mol. The first kappa shape index (κ1) is 11.0. The summed E-state index contributed by atoms with van der Waals surface area (Å²) in [7, 11) is 0. The predicted octanol–water partition coefficient (Wildman–Crippen LogP) is 3.06. The van der Waals surface area contributed by atoms with Crippen LogP contribution in [0, 0.1) is 0 Å². The number of hydrogen-bond donors (Lipinski definition) is 1. The van der Waals surface area contributed by atoms with Gasteiger partial charge in [0.1, 0.15) is 0 Å². The SMILES string of the molecule is Cl/C=C(/Cl)CNC1Cc2ccccc2C1. The summed E-state index contributed by atoms with van der Waals surface area (Å²) < 4.78 is 0. The number of nitrogens with one attached hydrogen (secondary N) is 1. The summed E-state index contributed by atoms with van der Waals surface area (Å²) >= 11 is 11.3. The van der Waals surface area contributed by atoms with Gasteiger partial charge >= 0.3 is 0 Å². The first-order chi connectivity index (χ1) is 7.29. The number of halogens is 2. The molecular formula is C12H13Cl2N. The third kappa shape index (κ3) is 2.75. The third-order valence-electron chi connectivity index (χ3n) is 2.73. The second-order valence-electron chi connectivity index (χ2n) is 3.81. The van der Waals surface area contributed by atoms with Crippen LogP contribution in [-0.4, -0.2) is 12.6 Å². The summed E-state index contributed by atoms with van der Waals surface area (Å²) in [4.78, 5) is 0. The van der Waals surface area contributed by atoms with Gasteiger partial charge in [0.25, 0.3) is 0 Å². The molecule has 0 saturated carbocycles. The van der Waals surface area contributed by atoms with Crippen molar-refractivity contribution in [1.82, 2.24) is 5.32 Å². The summed E-state index contributed by atoms with van der Waals surface area (Å²) in [6.45, 7) is 0.656. The van der Waals surface area contributed by atoms with E-state index in [2.05, 4.69) is 29.6 Å². The van der Waals surface area contributed by atoms with Gasteiger partial charge in [0.2, 0.25) is 0 Å². The highest BCUT2D eigenvalue weighted by Crippen LogP contribution is 2.21. The van der Waals surface area contributed by atoms with Crippen LogP contribution < -0.4 is 5.32 Å². The van der Waals surface area contributed by atoms with Crippen molar-refractivity contribution in [2.75, 3.05) is 6.54 Å². The van der Waals surface area contributed by atoms with E-state index in [0.717, 1.165) is 12.8 Å². The Morgan fingerprint density at radius 1 is 1.33 bits per heavy atom. The Bertz CT molecular complexity index is 349. The van der Waals surface area contributed by atoms with Crippen LogP contribution >= 0.6 is 23.2 Å². The molecule has 0 spiro atoms. The van der Waals surface area contributed by atoms with Crippen molar-refractivity contribution in [2.45, 2.75) is 18.9 Å². The molecule has 80 valence electrons. The van der Waals surface area contributed by atoms with Gasteiger partial charge in [0.15, 0.2) is 0 Å². The predicted molar refractivity (Wildman–Crippen MR) is 65.4 cm³/mol. The molecule has 1 aromatic carbocycles. The van der Waals surface area contributed by atoms with E-state index in [1.807, 2.05) is 0 Å². The Kier molecular flexibility index (Phi) is 3.68. The molecule has 0 bridgehead atoms. The summed E-state index contributed by atoms with van der Waals surface area (Å²) in [6, 6.07) is 9.05. The maximum absolute atomic E-state index is 5.82. The lowest BCUT2D eigenvalue weighted by Crippen LogP contribution is -2.30. The average molecular weight is 242 g/mol. The maximum Gasteiger partial charge on any atom is 0.0432 e. The van der Waals surface area contributed by atoms with Crippen LogP contribution in [0.4, 0.5) is 0 Å². The van der Waals surface area contributed by atoms with Crippen LogP contribution in [0.1, 0.15) is 11.1 Å². The molecule has 0 atom stereocenters. The molecule has 15 heavy (non-hydrogen) atoms. The van der Waals surface area contributed by atoms with Crippen molar-refractivity contribution >= 4 is 23.2 Å². The summed E-state index contributed by atoms with van der Waals surface area (Å²) in [5.41, 5.74) is 4.30. The van der Waals surface area contributed by atoms with Gasteiger partial charge in [0, 0.05) is 23.2 Å². The molecule has 0 aliphatic heterocycles. The second-order valence-corrected chi connectivity index (χ2v) is 4.51. The van der Waals surface area contributed by atoms with Gasteiger partial charge in [-0.05, 0) is 24.0 Å². The molecule has 0 aromatic heterocycles. The van der Waals surface area contributed by atoms with Crippen molar-refractivity contribution in [3.05, 3.63) is 46.0 Å². The third-order valence-corrected chi connectivity index (χ3v) is 3.35. The van der Waals surface area contributed by atoms with Crippen molar-refractivity contribution in [3.63, 3.8) is 0 Å². The maximum atomic E-state index is 5.82. The fraction of sp³-hybridized carbons (Fsp3) is 0.333. The van der Waals surface area contributed by atoms with E-state index < -0.39 is 0 Å². The minimum atomic E-state index is 0.493. The highest BCUT2D eigenvalue weighted by molar-refractivity contribution is 6.36. The Labute approximate surface area is 100 Å². The van der Waals surface area contributed by atoms with Gasteiger partial charge in [-0.1, -0.05) is 47.5 Å². The van der Waals surface area contributed by atoms with Gasteiger partial charge in [-0.15, -0.1) is 0 Å². The summed E-state index contributed by atoms with van der Waals surface area (Å²) in [6.07, 6.45) is 2.17. The average Bonchev–Trinajstić information content (AvgIpc) is 2.68. The van der Waals surface area contributed by atoms with Gasteiger partial charge in [-0.2, -0.15) is 0 Å². The summed E-state index contributed by atoms with van der Waals surface area (Å²) in [5.74, 6) is 0. The Morgan fingerprint density at radius 3 is 2.47 bits per heavy atom. The molecule has 1 aliphatic rings. The van der Waals surface area contributed by atoms with Crippen molar-refractivity contribution in [3.8, 4) is 0 Å².